The summed E-state index contributed by atoms with van der Waals surface area (Å²) in [5, 5.41) is 8.60. The Labute approximate surface area is 117 Å². The number of anilines is 1. The maximum Gasteiger partial charge on any atom is 0.341 e. The van der Waals surface area contributed by atoms with Crippen molar-refractivity contribution in [2.24, 2.45) is 0 Å². The summed E-state index contributed by atoms with van der Waals surface area (Å²) in [5.74, 6) is -0.931. The molecular weight excluding hydrogens is 284 g/mol. The van der Waals surface area contributed by atoms with E-state index in [2.05, 4.69) is 4.72 Å². The summed E-state index contributed by atoms with van der Waals surface area (Å²) in [6.07, 6.45) is 1.69. The molecule has 0 aliphatic carbocycles. The molecule has 0 bridgehead atoms. The summed E-state index contributed by atoms with van der Waals surface area (Å²) < 4.78 is 33.1. The fourth-order valence-corrected chi connectivity index (χ4v) is 3.26. The molecule has 2 N–H and O–H groups in total. The van der Waals surface area contributed by atoms with Crippen molar-refractivity contribution in [2.45, 2.75) is 12.8 Å². The fourth-order valence-electron chi connectivity index (χ4n) is 1.95. The van der Waals surface area contributed by atoms with E-state index < -0.39 is 22.8 Å². The number of nitrogens with zero attached hydrogens (tertiary/aromatic N) is 1. The smallest absolute Gasteiger partial charge is 0.341 e. The Bertz CT molecular complexity index is 581. The fraction of sp³-hybridized carbons (Fsp3) is 0.417. The second-order valence-corrected chi connectivity index (χ2v) is 6.06. The Hall–Kier alpha value is -1.80. The van der Waals surface area contributed by atoms with Crippen LogP contribution in [0.15, 0.2) is 24.3 Å². The Morgan fingerprint density at radius 1 is 1.30 bits per heavy atom. The first-order valence-electron chi connectivity index (χ1n) is 6.20. The number of hydrogen-bond acceptors (Lipinski definition) is 4. The van der Waals surface area contributed by atoms with E-state index in [4.69, 9.17) is 9.84 Å². The minimum Gasteiger partial charge on any atom is -0.480 e. The number of hydrogen-bond donors (Lipinski definition) is 2. The Balaban J connectivity index is 2.14. The van der Waals surface area contributed by atoms with Gasteiger partial charge in [0, 0.05) is 13.1 Å². The molecule has 2 rings (SSSR count). The van der Waals surface area contributed by atoms with Gasteiger partial charge in [-0.2, -0.15) is 12.7 Å². The topological polar surface area (TPSA) is 95.9 Å². The monoisotopic (exact) mass is 300 g/mol. The van der Waals surface area contributed by atoms with Crippen molar-refractivity contribution in [1.29, 1.82) is 0 Å². The van der Waals surface area contributed by atoms with E-state index in [1.807, 2.05) is 0 Å². The molecule has 1 aliphatic rings. The number of carboxylic acid groups (broad SMARTS) is 1. The third-order valence-electron chi connectivity index (χ3n) is 2.88. The van der Waals surface area contributed by atoms with Crippen LogP contribution in [0.25, 0.3) is 0 Å². The maximum atomic E-state index is 12.1. The van der Waals surface area contributed by atoms with Gasteiger partial charge in [-0.1, -0.05) is 12.1 Å². The molecule has 0 spiro atoms. The number of carboxylic acids is 1. The number of para-hydroxylation sites is 2. The van der Waals surface area contributed by atoms with E-state index in [0.717, 1.165) is 12.8 Å². The summed E-state index contributed by atoms with van der Waals surface area (Å²) in [6, 6.07) is 6.34. The molecule has 0 saturated carbocycles. The summed E-state index contributed by atoms with van der Waals surface area (Å²) in [5.41, 5.74) is 0.237. The van der Waals surface area contributed by atoms with Crippen LogP contribution in [0, 0.1) is 0 Å². The molecule has 20 heavy (non-hydrogen) atoms. The lowest BCUT2D eigenvalue weighted by Crippen LogP contribution is -2.33. The zero-order valence-electron chi connectivity index (χ0n) is 10.8. The van der Waals surface area contributed by atoms with Crippen LogP contribution >= 0.6 is 0 Å². The Morgan fingerprint density at radius 2 is 1.95 bits per heavy atom. The maximum absolute atomic E-state index is 12.1. The number of aliphatic carboxylic acids is 1. The van der Waals surface area contributed by atoms with Gasteiger partial charge in [0.05, 0.1) is 5.69 Å². The van der Waals surface area contributed by atoms with Gasteiger partial charge >= 0.3 is 16.2 Å². The predicted octanol–water partition coefficient (Wildman–Crippen LogP) is 0.902. The van der Waals surface area contributed by atoms with Crippen molar-refractivity contribution < 1.29 is 23.1 Å². The van der Waals surface area contributed by atoms with Gasteiger partial charge in [0.2, 0.25) is 0 Å². The molecular formula is C12H16N2O5S. The number of carbonyl (C=O) groups is 1. The summed E-state index contributed by atoms with van der Waals surface area (Å²) >= 11 is 0. The predicted molar refractivity (Wildman–Crippen MR) is 72.9 cm³/mol. The van der Waals surface area contributed by atoms with Crippen LogP contribution in [-0.2, 0) is 15.0 Å². The average Bonchev–Trinajstić information content (AvgIpc) is 2.92. The first-order chi connectivity index (χ1) is 9.49. The standard InChI is InChI=1S/C12H16N2O5S/c15-12(16)9-19-11-6-2-1-5-10(11)13-20(17,18)14-7-3-4-8-14/h1-2,5-6,13H,3-4,7-9H2,(H,15,16). The van der Waals surface area contributed by atoms with Crippen LogP contribution in [0.4, 0.5) is 5.69 Å². The quantitative estimate of drug-likeness (QED) is 0.814. The SMILES string of the molecule is O=C(O)COc1ccccc1NS(=O)(=O)N1CCCC1. The van der Waals surface area contributed by atoms with Gasteiger partial charge in [-0.15, -0.1) is 0 Å². The average molecular weight is 300 g/mol. The van der Waals surface area contributed by atoms with Crippen molar-refractivity contribution in [3.05, 3.63) is 24.3 Å². The molecule has 1 aromatic rings. The van der Waals surface area contributed by atoms with Gasteiger partial charge in [-0.25, -0.2) is 4.79 Å². The molecule has 1 saturated heterocycles. The largest absolute Gasteiger partial charge is 0.480 e. The molecule has 7 nitrogen and oxygen atoms in total. The van der Waals surface area contributed by atoms with Crippen molar-refractivity contribution in [3.8, 4) is 5.75 Å². The van der Waals surface area contributed by atoms with Crippen LogP contribution in [-0.4, -0.2) is 43.5 Å². The van der Waals surface area contributed by atoms with Crippen molar-refractivity contribution in [1.82, 2.24) is 4.31 Å². The van der Waals surface area contributed by atoms with Gasteiger partial charge in [-0.3, -0.25) is 4.72 Å². The van der Waals surface area contributed by atoms with E-state index in [1.54, 1.807) is 12.1 Å². The lowest BCUT2D eigenvalue weighted by Gasteiger charge is -2.18. The number of benzene rings is 1. The molecule has 0 amide bonds. The minimum absolute atomic E-state index is 0.192. The minimum atomic E-state index is -3.62. The summed E-state index contributed by atoms with van der Waals surface area (Å²) in [6.45, 7) is 0.462. The molecule has 1 fully saturated rings. The van der Waals surface area contributed by atoms with Gasteiger partial charge in [-0.05, 0) is 25.0 Å². The highest BCUT2D eigenvalue weighted by Gasteiger charge is 2.25. The van der Waals surface area contributed by atoms with E-state index in [0.29, 0.717) is 13.1 Å². The van der Waals surface area contributed by atoms with Gasteiger partial charge < -0.3 is 9.84 Å². The van der Waals surface area contributed by atoms with E-state index in [-0.39, 0.29) is 11.4 Å². The highest BCUT2D eigenvalue weighted by atomic mass is 32.2. The molecule has 0 radical (unpaired) electrons. The van der Waals surface area contributed by atoms with Gasteiger partial charge in [0.25, 0.3) is 0 Å². The van der Waals surface area contributed by atoms with Crippen LogP contribution in [0.5, 0.6) is 5.75 Å². The van der Waals surface area contributed by atoms with Crippen molar-refractivity contribution >= 4 is 21.9 Å². The van der Waals surface area contributed by atoms with Gasteiger partial charge in [0.1, 0.15) is 5.75 Å². The highest BCUT2D eigenvalue weighted by Crippen LogP contribution is 2.26. The first-order valence-corrected chi connectivity index (χ1v) is 7.64. The van der Waals surface area contributed by atoms with Crippen LogP contribution in [0.2, 0.25) is 0 Å². The normalized spacial score (nSPS) is 16.0. The molecule has 110 valence electrons. The zero-order chi connectivity index (χ0) is 14.6. The molecule has 0 aromatic heterocycles. The first kappa shape index (κ1) is 14.6. The molecule has 0 unspecified atom stereocenters. The third-order valence-corrected chi connectivity index (χ3v) is 4.40. The molecule has 1 heterocycles. The number of rotatable bonds is 6. The lowest BCUT2D eigenvalue weighted by molar-refractivity contribution is -0.139. The van der Waals surface area contributed by atoms with Crippen LogP contribution in [0.3, 0.4) is 0 Å². The van der Waals surface area contributed by atoms with E-state index >= 15 is 0 Å². The van der Waals surface area contributed by atoms with E-state index in [9.17, 15) is 13.2 Å². The van der Waals surface area contributed by atoms with Crippen LogP contribution < -0.4 is 9.46 Å². The van der Waals surface area contributed by atoms with Crippen LogP contribution in [0.1, 0.15) is 12.8 Å². The van der Waals surface area contributed by atoms with Gasteiger partial charge in [0.15, 0.2) is 6.61 Å². The molecule has 0 atom stereocenters. The number of ether oxygens (including phenoxy) is 1. The lowest BCUT2D eigenvalue weighted by atomic mass is 10.3. The van der Waals surface area contributed by atoms with E-state index in [1.165, 1.54) is 16.4 Å². The third kappa shape index (κ3) is 3.61. The summed E-state index contributed by atoms with van der Waals surface area (Å²) in [7, 11) is -3.62. The highest BCUT2D eigenvalue weighted by molar-refractivity contribution is 7.90. The molecule has 8 heteroatoms. The van der Waals surface area contributed by atoms with Crippen molar-refractivity contribution in [3.63, 3.8) is 0 Å². The Morgan fingerprint density at radius 3 is 2.60 bits per heavy atom. The Kier molecular flexibility index (Phi) is 4.46. The van der Waals surface area contributed by atoms with Crippen molar-refractivity contribution in [2.75, 3.05) is 24.4 Å². The zero-order valence-corrected chi connectivity index (χ0v) is 11.6. The summed E-state index contributed by atoms with van der Waals surface area (Å²) in [4.78, 5) is 10.5. The molecule has 1 aliphatic heterocycles. The second-order valence-electron chi connectivity index (χ2n) is 4.39. The second kappa shape index (κ2) is 6.10. The molecule has 1 aromatic carbocycles. The number of nitrogens with one attached hydrogen (secondary N) is 1.